The van der Waals surface area contributed by atoms with Crippen LogP contribution in [-0.2, 0) is 4.79 Å². The number of rotatable bonds is 2. The second kappa shape index (κ2) is 5.72. The molecule has 1 saturated carbocycles. The summed E-state index contributed by atoms with van der Waals surface area (Å²) in [6.07, 6.45) is 2.13. The van der Waals surface area contributed by atoms with E-state index in [1.165, 1.54) is 0 Å². The van der Waals surface area contributed by atoms with Gasteiger partial charge in [-0.1, -0.05) is 39.5 Å². The van der Waals surface area contributed by atoms with Gasteiger partial charge >= 0.3 is 5.91 Å². The summed E-state index contributed by atoms with van der Waals surface area (Å²) in [5.41, 5.74) is -0.0624. The Kier molecular flexibility index (Phi) is 4.95. The molecule has 0 aromatic heterocycles. The highest BCUT2D eigenvalue weighted by atomic mass is 16.2. The minimum Gasteiger partial charge on any atom is -0.225 e. The highest BCUT2D eigenvalue weighted by Gasteiger charge is 2.53. The molecule has 1 rings (SSSR count). The Bertz CT molecular complexity index is 437. The summed E-state index contributed by atoms with van der Waals surface area (Å²) in [7, 11) is 0. The van der Waals surface area contributed by atoms with E-state index in [1.807, 2.05) is 25.7 Å². The molecule has 0 N–H and O–H groups in total. The quantitative estimate of drug-likeness (QED) is 0.569. The lowest BCUT2D eigenvalue weighted by Gasteiger charge is -2.48. The monoisotopic (exact) mass is 292 g/mol. The maximum Gasteiger partial charge on any atom is 0.367 e. The number of nitrogens with zero attached hydrogens (tertiary/aromatic N) is 2. The molecule has 0 aromatic carbocycles. The summed E-state index contributed by atoms with van der Waals surface area (Å²) >= 11 is 0. The first-order valence-corrected chi connectivity index (χ1v) is 8.00. The van der Waals surface area contributed by atoms with Gasteiger partial charge in [0.15, 0.2) is 0 Å². The van der Waals surface area contributed by atoms with Crippen LogP contribution in [0.25, 0.3) is 0 Å². The number of amides is 1. The number of carbonyl (C=O) groups is 1. The maximum absolute atomic E-state index is 12.8. The van der Waals surface area contributed by atoms with Crippen LogP contribution in [0.2, 0.25) is 0 Å². The lowest BCUT2D eigenvalue weighted by Crippen LogP contribution is -2.59. The van der Waals surface area contributed by atoms with E-state index >= 15 is 0 Å². The fourth-order valence-corrected chi connectivity index (χ4v) is 3.96. The molecule has 2 atom stereocenters. The Morgan fingerprint density at radius 1 is 1.29 bits per heavy atom. The molecule has 1 amide bonds. The standard InChI is InChI=1S/C18H32N2O/c1-13-14(11-17(5,6)12-18(13,7)8)20(10-9-19)15(21)16(2,3)4/h13-14H,10-12H2,1-8H3/q+1. The Labute approximate surface area is 130 Å². The van der Waals surface area contributed by atoms with Gasteiger partial charge in [-0.05, 0) is 38.0 Å². The molecule has 0 saturated heterocycles. The van der Waals surface area contributed by atoms with Crippen molar-refractivity contribution < 1.29 is 4.79 Å². The van der Waals surface area contributed by atoms with Crippen LogP contribution in [0.15, 0.2) is 0 Å². The van der Waals surface area contributed by atoms with Crippen molar-refractivity contribution in [3.63, 3.8) is 0 Å². The summed E-state index contributed by atoms with van der Waals surface area (Å²) in [5, 5.41) is 9.18. The zero-order valence-electron chi connectivity index (χ0n) is 15.1. The van der Waals surface area contributed by atoms with Crippen LogP contribution in [0.1, 0.15) is 68.2 Å². The molecule has 21 heavy (non-hydrogen) atoms. The molecule has 1 fully saturated rings. The second-order valence-corrected chi connectivity index (χ2v) is 9.23. The molecule has 2 unspecified atom stereocenters. The Morgan fingerprint density at radius 3 is 2.24 bits per heavy atom. The van der Waals surface area contributed by atoms with Gasteiger partial charge in [-0.3, -0.25) is 0 Å². The highest BCUT2D eigenvalue weighted by Crippen LogP contribution is 2.50. The topological polar surface area (TPSA) is 46.8 Å². The van der Waals surface area contributed by atoms with Crippen molar-refractivity contribution in [1.82, 2.24) is 4.90 Å². The van der Waals surface area contributed by atoms with Crippen molar-refractivity contribution in [2.45, 2.75) is 74.3 Å². The Balaban J connectivity index is 3.17. The van der Waals surface area contributed by atoms with Gasteiger partial charge in [-0.25, -0.2) is 4.79 Å². The lowest BCUT2D eigenvalue weighted by molar-refractivity contribution is -0.138. The van der Waals surface area contributed by atoms with Crippen LogP contribution < -0.4 is 4.90 Å². The van der Waals surface area contributed by atoms with Gasteiger partial charge in [0.25, 0.3) is 0 Å². The van der Waals surface area contributed by atoms with Crippen LogP contribution in [-0.4, -0.2) is 18.5 Å². The van der Waals surface area contributed by atoms with Gasteiger partial charge in [0, 0.05) is 12.3 Å². The first-order valence-electron chi connectivity index (χ1n) is 8.00. The molecule has 1 radical (unpaired) electrons. The molecule has 0 spiro atoms. The minimum atomic E-state index is -0.442. The lowest BCUT2D eigenvalue weighted by atomic mass is 9.58. The van der Waals surface area contributed by atoms with Crippen molar-refractivity contribution in [3.8, 4) is 6.07 Å². The molecule has 0 aromatic rings. The zero-order chi connectivity index (χ0) is 16.6. The third kappa shape index (κ3) is 4.07. The van der Waals surface area contributed by atoms with Gasteiger partial charge in [0.2, 0.25) is 6.54 Å². The molecule has 3 heteroatoms. The molecule has 3 nitrogen and oxygen atoms in total. The van der Waals surface area contributed by atoms with E-state index in [-0.39, 0.29) is 29.3 Å². The van der Waals surface area contributed by atoms with E-state index in [4.69, 9.17) is 0 Å². The largest absolute Gasteiger partial charge is 0.367 e. The Morgan fingerprint density at radius 2 is 1.81 bits per heavy atom. The first-order chi connectivity index (χ1) is 9.32. The molecule has 1 aliphatic carbocycles. The molecular formula is C18H32N2O+. The zero-order valence-corrected chi connectivity index (χ0v) is 15.1. The summed E-state index contributed by atoms with van der Waals surface area (Å²) in [6, 6.07) is 2.35. The number of hydrogen-bond acceptors (Lipinski definition) is 2. The predicted octanol–water partition coefficient (Wildman–Crippen LogP) is 4.07. The molecular weight excluding hydrogens is 260 g/mol. The van der Waals surface area contributed by atoms with Crippen molar-refractivity contribution >= 4 is 5.91 Å². The van der Waals surface area contributed by atoms with Crippen molar-refractivity contribution in [2.24, 2.45) is 22.2 Å². The number of nitriles is 1. The fraction of sp³-hybridized carbons (Fsp3) is 0.889. The summed E-state index contributed by atoms with van der Waals surface area (Å²) in [4.78, 5) is 14.6. The van der Waals surface area contributed by atoms with Crippen LogP contribution in [0.5, 0.6) is 0 Å². The minimum absolute atomic E-state index is 0.0920. The summed E-state index contributed by atoms with van der Waals surface area (Å²) in [5.74, 6) is 0.486. The molecule has 0 bridgehead atoms. The average molecular weight is 292 g/mol. The fourth-order valence-electron chi connectivity index (χ4n) is 3.96. The van der Waals surface area contributed by atoms with Crippen LogP contribution in [0.3, 0.4) is 0 Å². The van der Waals surface area contributed by atoms with Gasteiger partial charge in [0.1, 0.15) is 12.1 Å². The second-order valence-electron chi connectivity index (χ2n) is 9.23. The number of carbonyl (C=O) groups excluding carboxylic acids is 1. The van der Waals surface area contributed by atoms with E-state index in [1.54, 1.807) is 0 Å². The molecule has 119 valence electrons. The average Bonchev–Trinajstić information content (AvgIpc) is 2.27. The summed E-state index contributed by atoms with van der Waals surface area (Å²) in [6.45, 7) is 17.4. The maximum atomic E-state index is 12.8. The normalized spacial score (nSPS) is 28.2. The van der Waals surface area contributed by atoms with Crippen molar-refractivity contribution in [1.29, 1.82) is 5.26 Å². The summed E-state index contributed by atoms with van der Waals surface area (Å²) < 4.78 is 0. The van der Waals surface area contributed by atoms with Gasteiger partial charge in [0.05, 0.1) is 5.41 Å². The number of hydrogen-bond donors (Lipinski definition) is 0. The smallest absolute Gasteiger partial charge is 0.225 e. The highest BCUT2D eigenvalue weighted by molar-refractivity contribution is 5.84. The van der Waals surface area contributed by atoms with Crippen molar-refractivity contribution in [3.05, 3.63) is 0 Å². The SMILES string of the molecule is CC1C([N+](CC#N)C(=O)C(C)(C)C)CC(C)(C)CC1(C)C. The van der Waals surface area contributed by atoms with E-state index in [0.717, 1.165) is 12.8 Å². The van der Waals surface area contributed by atoms with Gasteiger partial charge < -0.3 is 0 Å². The van der Waals surface area contributed by atoms with Crippen LogP contribution in [0.4, 0.5) is 0 Å². The third-order valence-corrected chi connectivity index (χ3v) is 5.05. The van der Waals surface area contributed by atoms with E-state index < -0.39 is 5.41 Å². The third-order valence-electron chi connectivity index (χ3n) is 5.05. The Hall–Kier alpha value is -0.880. The molecule has 0 heterocycles. The van der Waals surface area contributed by atoms with Gasteiger partial charge in [-0.15, -0.1) is 0 Å². The molecule has 1 aliphatic rings. The van der Waals surface area contributed by atoms with E-state index in [0.29, 0.717) is 5.92 Å². The van der Waals surface area contributed by atoms with E-state index in [9.17, 15) is 10.1 Å². The van der Waals surface area contributed by atoms with Crippen LogP contribution in [0, 0.1) is 33.5 Å². The first kappa shape index (κ1) is 18.2. The molecule has 0 aliphatic heterocycles. The van der Waals surface area contributed by atoms with Crippen LogP contribution >= 0.6 is 0 Å². The van der Waals surface area contributed by atoms with Gasteiger partial charge in [-0.2, -0.15) is 5.26 Å². The predicted molar refractivity (Wildman–Crippen MR) is 86.8 cm³/mol. The van der Waals surface area contributed by atoms with E-state index in [2.05, 4.69) is 40.7 Å². The van der Waals surface area contributed by atoms with Crippen molar-refractivity contribution in [2.75, 3.05) is 6.54 Å².